The highest BCUT2D eigenvalue weighted by Gasteiger charge is 2.15. The van der Waals surface area contributed by atoms with E-state index >= 15 is 0 Å². The Morgan fingerprint density at radius 3 is 2.33 bits per heavy atom. The molecule has 0 rings (SSSR count). The van der Waals surface area contributed by atoms with Crippen LogP contribution >= 0.6 is 0 Å². The van der Waals surface area contributed by atoms with Gasteiger partial charge in [-0.1, -0.05) is 30.4 Å². The summed E-state index contributed by atoms with van der Waals surface area (Å²) in [6, 6.07) is 1.23. The monoisotopic (exact) mass is 184 g/mol. The smallest absolute Gasteiger partial charge is 0.119 e. The Bertz CT molecular complexity index is 167. The molecule has 0 aliphatic carbocycles. The molecular weight excluding hydrogens is 164 g/mol. The summed E-state index contributed by atoms with van der Waals surface area (Å²) in [4.78, 5) is 10.1. The van der Waals surface area contributed by atoms with Crippen LogP contribution in [0.3, 0.4) is 0 Å². The summed E-state index contributed by atoms with van der Waals surface area (Å²) in [6.07, 6.45) is 2.81. The number of rotatable bonds is 5. The number of aldehydes is 1. The van der Waals surface area contributed by atoms with E-state index in [-0.39, 0.29) is 0 Å². The number of unbranched alkanes of at least 4 members (excludes halogenated alkanes) is 1. The van der Waals surface area contributed by atoms with Gasteiger partial charge in [-0.25, -0.2) is 0 Å². The molecule has 0 saturated carbocycles. The molecule has 0 aliphatic rings. The van der Waals surface area contributed by atoms with Gasteiger partial charge in [0.2, 0.25) is 0 Å². The largest absolute Gasteiger partial charge is 0.303 e. The van der Waals surface area contributed by atoms with Crippen molar-refractivity contribution in [3.8, 4) is 0 Å². The number of hydrogen-bond acceptors (Lipinski definition) is 1. The third-order valence-corrected chi connectivity index (χ3v) is 4.82. The summed E-state index contributed by atoms with van der Waals surface area (Å²) in [7, 11) is -1.12. The fourth-order valence-electron chi connectivity index (χ4n) is 1.49. The van der Waals surface area contributed by atoms with Gasteiger partial charge in [0.05, 0.1) is 8.07 Å². The van der Waals surface area contributed by atoms with Gasteiger partial charge in [0.15, 0.2) is 0 Å². The van der Waals surface area contributed by atoms with Crippen LogP contribution in [0.15, 0.2) is 11.3 Å². The molecule has 0 saturated heterocycles. The maximum absolute atomic E-state index is 10.1. The first kappa shape index (κ1) is 11.6. The van der Waals surface area contributed by atoms with E-state index in [1.165, 1.54) is 11.6 Å². The van der Waals surface area contributed by atoms with Crippen molar-refractivity contribution in [3.63, 3.8) is 0 Å². The van der Waals surface area contributed by atoms with E-state index in [0.29, 0.717) is 0 Å². The van der Waals surface area contributed by atoms with Crippen molar-refractivity contribution < 1.29 is 4.79 Å². The normalized spacial score (nSPS) is 11.0. The van der Waals surface area contributed by atoms with E-state index in [9.17, 15) is 4.79 Å². The van der Waals surface area contributed by atoms with Gasteiger partial charge in [-0.05, 0) is 20.3 Å². The van der Waals surface area contributed by atoms with E-state index in [1.54, 1.807) is 0 Å². The summed E-state index contributed by atoms with van der Waals surface area (Å²) in [6.45, 7) is 9.00. The number of carbonyl (C=O) groups excluding carboxylic acids is 1. The quantitative estimate of drug-likeness (QED) is 0.364. The SMILES string of the molecule is CC(C)=C[Si](C)(C)CCCC=O. The Kier molecular flexibility index (Phi) is 5.14. The van der Waals surface area contributed by atoms with Crippen molar-refractivity contribution in [3.05, 3.63) is 11.3 Å². The van der Waals surface area contributed by atoms with Crippen LogP contribution in [-0.4, -0.2) is 14.4 Å². The predicted molar refractivity (Wildman–Crippen MR) is 57.0 cm³/mol. The summed E-state index contributed by atoms with van der Waals surface area (Å²) < 4.78 is 0. The summed E-state index contributed by atoms with van der Waals surface area (Å²) in [5.74, 6) is 0. The van der Waals surface area contributed by atoms with Crippen molar-refractivity contribution in [1.29, 1.82) is 0 Å². The lowest BCUT2D eigenvalue weighted by Crippen LogP contribution is -2.22. The van der Waals surface area contributed by atoms with Crippen LogP contribution < -0.4 is 0 Å². The van der Waals surface area contributed by atoms with Gasteiger partial charge in [-0.15, -0.1) is 0 Å². The molecule has 0 aliphatic heterocycles. The zero-order valence-electron chi connectivity index (χ0n) is 8.68. The van der Waals surface area contributed by atoms with E-state index in [1.807, 2.05) is 0 Å². The van der Waals surface area contributed by atoms with Gasteiger partial charge in [-0.2, -0.15) is 0 Å². The highest BCUT2D eigenvalue weighted by Crippen LogP contribution is 2.16. The second kappa shape index (κ2) is 5.30. The van der Waals surface area contributed by atoms with Gasteiger partial charge >= 0.3 is 0 Å². The zero-order chi connectivity index (χ0) is 9.61. The molecule has 0 atom stereocenters. The fraction of sp³-hybridized carbons (Fsp3) is 0.700. The molecular formula is C10H20OSi. The molecule has 0 aromatic heterocycles. The summed E-state index contributed by atoms with van der Waals surface area (Å²) in [5, 5.41) is 0. The van der Waals surface area contributed by atoms with Gasteiger partial charge in [0.25, 0.3) is 0 Å². The molecule has 0 aromatic rings. The minimum absolute atomic E-state index is 0.729. The van der Waals surface area contributed by atoms with Crippen molar-refractivity contribution in [2.45, 2.75) is 45.8 Å². The molecule has 0 N–H and O–H groups in total. The Hall–Kier alpha value is -0.373. The van der Waals surface area contributed by atoms with Crippen molar-refractivity contribution in [2.24, 2.45) is 0 Å². The van der Waals surface area contributed by atoms with Gasteiger partial charge in [-0.3, -0.25) is 0 Å². The first-order valence-corrected chi connectivity index (χ1v) is 7.86. The van der Waals surface area contributed by atoms with Crippen LogP contribution in [0, 0.1) is 0 Å². The van der Waals surface area contributed by atoms with Gasteiger partial charge < -0.3 is 4.79 Å². The summed E-state index contributed by atoms with van der Waals surface area (Å²) in [5.41, 5.74) is 3.83. The van der Waals surface area contributed by atoms with Crippen LogP contribution in [0.2, 0.25) is 19.1 Å². The molecule has 12 heavy (non-hydrogen) atoms. The fourth-order valence-corrected chi connectivity index (χ4v) is 4.32. The average Bonchev–Trinajstić information content (AvgIpc) is 1.84. The molecule has 0 fully saturated rings. The molecule has 70 valence electrons. The minimum Gasteiger partial charge on any atom is -0.303 e. The number of hydrogen-bond donors (Lipinski definition) is 0. The van der Waals surface area contributed by atoms with E-state index in [0.717, 1.165) is 19.1 Å². The Morgan fingerprint density at radius 1 is 1.33 bits per heavy atom. The molecule has 2 heteroatoms. The minimum atomic E-state index is -1.12. The highest BCUT2D eigenvalue weighted by atomic mass is 28.3. The molecule has 0 amide bonds. The van der Waals surface area contributed by atoms with E-state index in [2.05, 4.69) is 32.6 Å². The Balaban J connectivity index is 3.87. The number of carbonyl (C=O) groups is 1. The van der Waals surface area contributed by atoms with E-state index < -0.39 is 8.07 Å². The molecule has 1 nitrogen and oxygen atoms in total. The molecule has 0 radical (unpaired) electrons. The predicted octanol–water partition coefficient (Wildman–Crippen LogP) is 3.18. The highest BCUT2D eigenvalue weighted by molar-refractivity contribution is 6.82. The molecule has 0 heterocycles. The van der Waals surface area contributed by atoms with Crippen molar-refractivity contribution in [2.75, 3.05) is 0 Å². The Labute approximate surface area is 76.9 Å². The van der Waals surface area contributed by atoms with E-state index in [4.69, 9.17) is 0 Å². The van der Waals surface area contributed by atoms with Crippen LogP contribution in [0.25, 0.3) is 0 Å². The second-order valence-corrected chi connectivity index (χ2v) is 9.04. The average molecular weight is 184 g/mol. The lowest BCUT2D eigenvalue weighted by atomic mass is 10.4. The van der Waals surface area contributed by atoms with Gasteiger partial charge in [0, 0.05) is 6.42 Å². The van der Waals surface area contributed by atoms with Crippen LogP contribution in [-0.2, 0) is 4.79 Å². The molecule has 0 bridgehead atoms. The maximum Gasteiger partial charge on any atom is 0.119 e. The topological polar surface area (TPSA) is 17.1 Å². The lowest BCUT2D eigenvalue weighted by molar-refractivity contribution is -0.107. The third-order valence-electron chi connectivity index (χ3n) is 1.82. The lowest BCUT2D eigenvalue weighted by Gasteiger charge is -2.17. The standard InChI is InChI=1S/C10H20OSi/c1-10(2)9-12(3,4)8-6-5-7-11/h7,9H,5-6,8H2,1-4H3. The van der Waals surface area contributed by atoms with Crippen LogP contribution in [0.5, 0.6) is 0 Å². The van der Waals surface area contributed by atoms with Crippen LogP contribution in [0.4, 0.5) is 0 Å². The number of allylic oxidation sites excluding steroid dienone is 1. The van der Waals surface area contributed by atoms with Gasteiger partial charge in [0.1, 0.15) is 6.29 Å². The summed E-state index contributed by atoms with van der Waals surface area (Å²) >= 11 is 0. The first-order valence-electron chi connectivity index (χ1n) is 4.57. The Morgan fingerprint density at radius 2 is 1.92 bits per heavy atom. The molecule has 0 spiro atoms. The third kappa shape index (κ3) is 6.34. The van der Waals surface area contributed by atoms with Crippen LogP contribution in [0.1, 0.15) is 26.7 Å². The second-order valence-electron chi connectivity index (χ2n) is 4.27. The molecule has 0 unspecified atom stereocenters. The first-order chi connectivity index (χ1) is 5.48. The zero-order valence-corrected chi connectivity index (χ0v) is 9.68. The maximum atomic E-state index is 10.1. The van der Waals surface area contributed by atoms with Crippen molar-refractivity contribution in [1.82, 2.24) is 0 Å². The van der Waals surface area contributed by atoms with Crippen molar-refractivity contribution >= 4 is 14.4 Å². The molecule has 0 aromatic carbocycles.